The molecular weight excluding hydrogens is 288 g/mol. The number of aliphatic carboxylic acids is 1. The number of carboxylic acid groups (broad SMARTS) is 1. The lowest BCUT2D eigenvalue weighted by atomic mass is 9.83. The summed E-state index contributed by atoms with van der Waals surface area (Å²) in [6.45, 7) is 2.45. The van der Waals surface area contributed by atoms with Crippen LogP contribution in [0, 0.1) is 5.92 Å². The molecule has 0 atom stereocenters. The lowest BCUT2D eigenvalue weighted by molar-refractivity contribution is -0.485. The predicted octanol–water partition coefficient (Wildman–Crippen LogP) is 3.56. The van der Waals surface area contributed by atoms with Crippen LogP contribution in [-0.4, -0.2) is 23.7 Å². The van der Waals surface area contributed by atoms with Crippen molar-refractivity contribution in [1.82, 2.24) is 0 Å². The Bertz CT molecular complexity index is 371. The molecule has 22 heavy (non-hydrogen) atoms. The number of hydrogen-bond donors (Lipinski definition) is 1. The molecule has 1 fully saturated rings. The second-order valence-corrected chi connectivity index (χ2v) is 5.59. The van der Waals surface area contributed by atoms with Gasteiger partial charge in [0, 0.05) is 6.08 Å². The minimum Gasteiger partial charge on any atom is -0.478 e. The zero-order chi connectivity index (χ0) is 16.2. The minimum absolute atomic E-state index is 0.0782. The summed E-state index contributed by atoms with van der Waals surface area (Å²) in [5, 5.41) is 13.3. The van der Waals surface area contributed by atoms with Gasteiger partial charge in [0.1, 0.15) is 0 Å². The van der Waals surface area contributed by atoms with Crippen molar-refractivity contribution in [3.8, 4) is 0 Å². The largest absolute Gasteiger partial charge is 0.478 e. The van der Waals surface area contributed by atoms with Gasteiger partial charge >= 0.3 is 11.9 Å². The Morgan fingerprint density at radius 2 is 1.86 bits per heavy atom. The van der Waals surface area contributed by atoms with E-state index in [0.717, 1.165) is 63.9 Å². The highest BCUT2D eigenvalue weighted by atomic mass is 17.5. The summed E-state index contributed by atoms with van der Waals surface area (Å²) in [7, 11) is 0. The molecule has 0 spiro atoms. The summed E-state index contributed by atoms with van der Waals surface area (Å²) in [6.07, 6.45) is 9.71. The van der Waals surface area contributed by atoms with Crippen molar-refractivity contribution in [1.29, 1.82) is 0 Å². The van der Waals surface area contributed by atoms with Crippen molar-refractivity contribution in [3.63, 3.8) is 0 Å². The first-order valence-electron chi connectivity index (χ1n) is 8.10. The lowest BCUT2D eigenvalue weighted by Gasteiger charge is -2.22. The van der Waals surface area contributed by atoms with Crippen molar-refractivity contribution >= 4 is 11.9 Å². The van der Waals surface area contributed by atoms with E-state index in [1.54, 1.807) is 0 Å². The number of hydrogen-bond acceptors (Lipinski definition) is 5. The van der Waals surface area contributed by atoms with Gasteiger partial charge in [-0.15, -0.1) is 0 Å². The SMILES string of the molecule is CCCCCCOOOC(=O)C(=CC(=O)O)C1CCCCC1. The van der Waals surface area contributed by atoms with Crippen LogP contribution in [-0.2, 0) is 24.4 Å². The molecule has 0 amide bonds. The Morgan fingerprint density at radius 1 is 1.14 bits per heavy atom. The van der Waals surface area contributed by atoms with Crippen molar-refractivity contribution < 1.29 is 29.5 Å². The summed E-state index contributed by atoms with van der Waals surface area (Å²) >= 11 is 0. The summed E-state index contributed by atoms with van der Waals surface area (Å²) in [5.74, 6) is -2.01. The van der Waals surface area contributed by atoms with Gasteiger partial charge < -0.3 is 5.11 Å². The van der Waals surface area contributed by atoms with E-state index in [4.69, 9.17) is 9.99 Å². The molecule has 1 aliphatic carbocycles. The standard InChI is InChI=1S/C16H26O6/c1-2-3-4-8-11-20-22-21-16(19)14(12-15(17)18)13-9-6-5-7-10-13/h12-13H,2-11H2,1H3,(H,17,18). The molecule has 1 aliphatic rings. The fourth-order valence-electron chi connectivity index (χ4n) is 2.61. The average molecular weight is 314 g/mol. The monoisotopic (exact) mass is 314 g/mol. The fourth-order valence-corrected chi connectivity index (χ4v) is 2.61. The van der Waals surface area contributed by atoms with Gasteiger partial charge in [-0.05, 0) is 30.2 Å². The van der Waals surface area contributed by atoms with Crippen LogP contribution in [0.5, 0.6) is 0 Å². The molecule has 0 heterocycles. The average Bonchev–Trinajstić information content (AvgIpc) is 2.52. The molecule has 6 heteroatoms. The van der Waals surface area contributed by atoms with E-state index >= 15 is 0 Å². The van der Waals surface area contributed by atoms with Gasteiger partial charge in [0.2, 0.25) is 0 Å². The van der Waals surface area contributed by atoms with Crippen molar-refractivity contribution in [2.75, 3.05) is 6.61 Å². The molecule has 1 saturated carbocycles. The molecule has 0 radical (unpaired) electrons. The summed E-state index contributed by atoms with van der Waals surface area (Å²) in [4.78, 5) is 32.2. The van der Waals surface area contributed by atoms with Crippen LogP contribution in [0.3, 0.4) is 0 Å². The van der Waals surface area contributed by atoms with Gasteiger partial charge in [-0.1, -0.05) is 45.4 Å². The van der Waals surface area contributed by atoms with Gasteiger partial charge in [0.25, 0.3) is 0 Å². The van der Waals surface area contributed by atoms with Crippen molar-refractivity contribution in [2.45, 2.75) is 64.7 Å². The summed E-state index contributed by atoms with van der Waals surface area (Å²) in [6, 6.07) is 0. The van der Waals surface area contributed by atoms with Crippen molar-refractivity contribution in [2.24, 2.45) is 5.92 Å². The number of carbonyl (C=O) groups excluding carboxylic acids is 1. The Hall–Kier alpha value is -1.40. The van der Waals surface area contributed by atoms with Crippen LogP contribution in [0.25, 0.3) is 0 Å². The second-order valence-electron chi connectivity index (χ2n) is 5.59. The topological polar surface area (TPSA) is 82.1 Å². The maximum absolute atomic E-state index is 12.0. The van der Waals surface area contributed by atoms with Crippen LogP contribution in [0.15, 0.2) is 11.6 Å². The first-order chi connectivity index (χ1) is 10.6. The van der Waals surface area contributed by atoms with Crippen LogP contribution in [0.2, 0.25) is 0 Å². The predicted molar refractivity (Wildman–Crippen MR) is 79.6 cm³/mol. The maximum atomic E-state index is 12.0. The third kappa shape index (κ3) is 7.56. The van der Waals surface area contributed by atoms with Gasteiger partial charge in [0.15, 0.2) is 0 Å². The maximum Gasteiger partial charge on any atom is 0.372 e. The van der Waals surface area contributed by atoms with E-state index in [-0.39, 0.29) is 11.5 Å². The zero-order valence-electron chi connectivity index (χ0n) is 13.2. The van der Waals surface area contributed by atoms with Crippen LogP contribution in [0.1, 0.15) is 64.7 Å². The second kappa shape index (κ2) is 11.2. The molecule has 126 valence electrons. The van der Waals surface area contributed by atoms with Gasteiger partial charge in [-0.2, -0.15) is 4.89 Å². The highest BCUT2D eigenvalue weighted by Gasteiger charge is 2.26. The Kier molecular flexibility index (Phi) is 9.50. The number of unbranched alkanes of at least 4 members (excludes halogenated alkanes) is 3. The highest BCUT2D eigenvalue weighted by Crippen LogP contribution is 2.30. The molecule has 0 aromatic heterocycles. The summed E-state index contributed by atoms with van der Waals surface area (Å²) in [5.41, 5.74) is 0.154. The molecule has 1 rings (SSSR count). The smallest absolute Gasteiger partial charge is 0.372 e. The first kappa shape index (κ1) is 18.6. The molecule has 0 unspecified atom stereocenters. The lowest BCUT2D eigenvalue weighted by Crippen LogP contribution is -2.20. The molecular formula is C16H26O6. The number of carbonyl (C=O) groups is 2. The third-order valence-corrected chi connectivity index (χ3v) is 3.80. The van der Waals surface area contributed by atoms with E-state index < -0.39 is 11.9 Å². The molecule has 0 aromatic rings. The fraction of sp³-hybridized carbons (Fsp3) is 0.750. The van der Waals surface area contributed by atoms with Gasteiger partial charge in [-0.25, -0.2) is 9.59 Å². The van der Waals surface area contributed by atoms with E-state index in [1.807, 2.05) is 0 Å². The first-order valence-corrected chi connectivity index (χ1v) is 8.10. The summed E-state index contributed by atoms with van der Waals surface area (Å²) < 4.78 is 0. The quantitative estimate of drug-likeness (QED) is 0.287. The molecule has 0 aromatic carbocycles. The molecule has 0 bridgehead atoms. The van der Waals surface area contributed by atoms with E-state index in [1.165, 1.54) is 0 Å². The van der Waals surface area contributed by atoms with Crippen molar-refractivity contribution in [3.05, 3.63) is 11.6 Å². The van der Waals surface area contributed by atoms with Crippen LogP contribution < -0.4 is 0 Å². The zero-order valence-corrected chi connectivity index (χ0v) is 13.2. The molecule has 1 N–H and O–H groups in total. The normalized spacial score (nSPS) is 16.5. The highest BCUT2D eigenvalue weighted by molar-refractivity contribution is 5.95. The van der Waals surface area contributed by atoms with Gasteiger partial charge in [0.05, 0.1) is 12.2 Å². The van der Waals surface area contributed by atoms with E-state index in [0.29, 0.717) is 6.61 Å². The minimum atomic E-state index is -1.15. The van der Waals surface area contributed by atoms with Crippen LogP contribution >= 0.6 is 0 Å². The Labute approximate surface area is 131 Å². The Morgan fingerprint density at radius 3 is 2.50 bits per heavy atom. The number of carboxylic acids is 1. The third-order valence-electron chi connectivity index (χ3n) is 3.80. The Balaban J connectivity index is 2.36. The van der Waals surface area contributed by atoms with Crippen LogP contribution in [0.4, 0.5) is 0 Å². The van der Waals surface area contributed by atoms with Gasteiger partial charge in [-0.3, -0.25) is 4.89 Å². The number of rotatable bonds is 10. The molecule has 6 nitrogen and oxygen atoms in total. The molecule has 0 saturated heterocycles. The van der Waals surface area contributed by atoms with E-state index in [2.05, 4.69) is 16.8 Å². The molecule has 0 aliphatic heterocycles. The van der Waals surface area contributed by atoms with E-state index in [9.17, 15) is 9.59 Å².